The highest BCUT2D eigenvalue weighted by Crippen LogP contribution is 2.26. The van der Waals surface area contributed by atoms with E-state index in [4.69, 9.17) is 4.74 Å². The van der Waals surface area contributed by atoms with Crippen LogP contribution >= 0.6 is 15.9 Å². The van der Waals surface area contributed by atoms with Gasteiger partial charge in [0.1, 0.15) is 12.4 Å². The fraction of sp³-hybridized carbons (Fsp3) is 0.385. The predicted octanol–water partition coefficient (Wildman–Crippen LogP) is 4.41. The van der Waals surface area contributed by atoms with Gasteiger partial charge in [0.05, 0.1) is 0 Å². The van der Waals surface area contributed by atoms with Crippen LogP contribution in [0.4, 0.5) is 0 Å². The summed E-state index contributed by atoms with van der Waals surface area (Å²) in [6.45, 7) is 10.7. The van der Waals surface area contributed by atoms with Gasteiger partial charge in [-0.15, -0.1) is 0 Å². The highest BCUT2D eigenvalue weighted by Gasteiger charge is 2.03. The highest BCUT2D eigenvalue weighted by atomic mass is 79.9. The normalized spacial score (nSPS) is 10.1. The lowest BCUT2D eigenvalue weighted by Crippen LogP contribution is -2.00. The van der Waals surface area contributed by atoms with Crippen LogP contribution in [0.25, 0.3) is 0 Å². The van der Waals surface area contributed by atoms with Gasteiger partial charge in [0.15, 0.2) is 0 Å². The van der Waals surface area contributed by atoms with Crippen molar-refractivity contribution >= 4 is 15.9 Å². The van der Waals surface area contributed by atoms with Crippen molar-refractivity contribution in [2.75, 3.05) is 6.61 Å². The van der Waals surface area contributed by atoms with E-state index in [9.17, 15) is 0 Å². The first kappa shape index (κ1) is 12.3. The molecule has 1 aromatic carbocycles. The van der Waals surface area contributed by atoms with Gasteiger partial charge in [-0.3, -0.25) is 0 Å². The van der Waals surface area contributed by atoms with Gasteiger partial charge in [0.2, 0.25) is 0 Å². The Morgan fingerprint density at radius 1 is 1.33 bits per heavy atom. The summed E-state index contributed by atoms with van der Waals surface area (Å²) in [5.41, 5.74) is 3.52. The van der Waals surface area contributed by atoms with E-state index in [1.165, 1.54) is 11.1 Å². The molecule has 0 N–H and O–H groups in total. The topological polar surface area (TPSA) is 9.23 Å². The van der Waals surface area contributed by atoms with E-state index in [-0.39, 0.29) is 0 Å². The second-order valence-corrected chi connectivity index (χ2v) is 4.56. The smallest absolute Gasteiger partial charge is 0.120 e. The van der Waals surface area contributed by atoms with Crippen LogP contribution in [0.15, 0.2) is 28.8 Å². The summed E-state index contributed by atoms with van der Waals surface area (Å²) in [4.78, 5) is 0. The number of benzene rings is 1. The molecule has 0 aliphatic heterocycles. The molecule has 0 atom stereocenters. The third-order valence-corrected chi connectivity index (χ3v) is 3.60. The lowest BCUT2D eigenvalue weighted by atomic mass is 10.1. The summed E-state index contributed by atoms with van der Waals surface area (Å²) >= 11 is 3.53. The largest absolute Gasteiger partial charge is 0.489 e. The van der Waals surface area contributed by atoms with Crippen molar-refractivity contribution in [2.45, 2.75) is 27.2 Å². The molecule has 0 fully saturated rings. The Morgan fingerprint density at radius 2 is 1.87 bits per heavy atom. The first-order valence-electron chi connectivity index (χ1n) is 5.10. The number of ether oxygens (including phenoxy) is 1. The van der Waals surface area contributed by atoms with Gasteiger partial charge >= 0.3 is 0 Å². The average Bonchev–Trinajstić information content (AvgIpc) is 2.22. The van der Waals surface area contributed by atoms with Crippen molar-refractivity contribution in [3.63, 3.8) is 0 Å². The third kappa shape index (κ3) is 3.38. The summed E-state index contributed by atoms with van der Waals surface area (Å²) in [7, 11) is 0. The van der Waals surface area contributed by atoms with Gasteiger partial charge in [-0.25, -0.2) is 0 Å². The zero-order valence-electron chi connectivity index (χ0n) is 9.56. The molecule has 0 heterocycles. The molecular weight excluding hydrogens is 252 g/mol. The maximum absolute atomic E-state index is 5.65. The molecule has 0 unspecified atom stereocenters. The molecule has 0 radical (unpaired) electrons. The standard InChI is InChI=1S/C13H17BrO/c1-5-9(2)8-15-12-6-10(3)13(14)11(4)7-12/h6-7H,2,5,8H2,1,3-4H3. The molecular formula is C13H17BrO. The molecule has 0 aliphatic carbocycles. The van der Waals surface area contributed by atoms with Gasteiger partial charge in [-0.05, 0) is 49.1 Å². The summed E-state index contributed by atoms with van der Waals surface area (Å²) in [5.74, 6) is 0.919. The molecule has 0 saturated heterocycles. The number of rotatable bonds is 4. The number of halogens is 1. The fourth-order valence-corrected chi connectivity index (χ4v) is 1.51. The fourth-order valence-electron chi connectivity index (χ4n) is 1.28. The molecule has 0 amide bonds. The third-order valence-electron chi connectivity index (χ3n) is 2.35. The van der Waals surface area contributed by atoms with Gasteiger partial charge in [-0.2, -0.15) is 0 Å². The van der Waals surface area contributed by atoms with Crippen LogP contribution in [0.5, 0.6) is 5.75 Å². The molecule has 1 rings (SSSR count). The van der Waals surface area contributed by atoms with Crippen LogP contribution < -0.4 is 4.74 Å². The number of hydrogen-bond donors (Lipinski definition) is 0. The Kier molecular flexibility index (Phi) is 4.40. The van der Waals surface area contributed by atoms with E-state index in [0.717, 1.165) is 22.2 Å². The van der Waals surface area contributed by atoms with Crippen molar-refractivity contribution in [3.8, 4) is 5.75 Å². The molecule has 0 aromatic heterocycles. The minimum Gasteiger partial charge on any atom is -0.489 e. The molecule has 1 aromatic rings. The van der Waals surface area contributed by atoms with Crippen LogP contribution in [0.1, 0.15) is 24.5 Å². The summed E-state index contributed by atoms with van der Waals surface area (Å²) in [6.07, 6.45) is 0.967. The molecule has 1 nitrogen and oxygen atoms in total. The van der Waals surface area contributed by atoms with Crippen molar-refractivity contribution in [2.24, 2.45) is 0 Å². The lowest BCUT2D eigenvalue weighted by Gasteiger charge is -2.10. The highest BCUT2D eigenvalue weighted by molar-refractivity contribution is 9.10. The number of hydrogen-bond acceptors (Lipinski definition) is 1. The van der Waals surface area contributed by atoms with Gasteiger partial charge in [0.25, 0.3) is 0 Å². The SMILES string of the molecule is C=C(CC)COc1cc(C)c(Br)c(C)c1. The number of aryl methyl sites for hydroxylation is 2. The van der Waals surface area contributed by atoms with Crippen molar-refractivity contribution in [3.05, 3.63) is 39.9 Å². The van der Waals surface area contributed by atoms with E-state index in [0.29, 0.717) is 6.61 Å². The maximum atomic E-state index is 5.65. The summed E-state index contributed by atoms with van der Waals surface area (Å²) < 4.78 is 6.81. The van der Waals surface area contributed by atoms with Crippen molar-refractivity contribution in [1.29, 1.82) is 0 Å². The molecule has 15 heavy (non-hydrogen) atoms. The van der Waals surface area contributed by atoms with E-state index in [1.807, 2.05) is 12.1 Å². The minimum atomic E-state index is 0.608. The van der Waals surface area contributed by atoms with E-state index in [1.54, 1.807) is 0 Å². The van der Waals surface area contributed by atoms with Gasteiger partial charge in [-0.1, -0.05) is 29.4 Å². The molecule has 82 valence electrons. The van der Waals surface area contributed by atoms with Gasteiger partial charge < -0.3 is 4.74 Å². The zero-order valence-corrected chi connectivity index (χ0v) is 11.1. The van der Waals surface area contributed by atoms with Crippen LogP contribution in [0.2, 0.25) is 0 Å². The second kappa shape index (κ2) is 5.36. The average molecular weight is 269 g/mol. The molecule has 0 bridgehead atoms. The zero-order chi connectivity index (χ0) is 11.4. The lowest BCUT2D eigenvalue weighted by molar-refractivity contribution is 0.348. The Labute approximate surface area is 100 Å². The monoisotopic (exact) mass is 268 g/mol. The van der Waals surface area contributed by atoms with Crippen LogP contribution in [-0.2, 0) is 0 Å². The van der Waals surface area contributed by atoms with Crippen LogP contribution in [0, 0.1) is 13.8 Å². The van der Waals surface area contributed by atoms with Crippen LogP contribution in [-0.4, -0.2) is 6.61 Å². The molecule has 2 heteroatoms. The van der Waals surface area contributed by atoms with Gasteiger partial charge in [0, 0.05) is 4.47 Å². The Hall–Kier alpha value is -0.760. The minimum absolute atomic E-state index is 0.608. The van der Waals surface area contributed by atoms with E-state index >= 15 is 0 Å². The first-order valence-corrected chi connectivity index (χ1v) is 5.90. The van der Waals surface area contributed by atoms with E-state index in [2.05, 4.69) is 43.3 Å². The molecule has 0 saturated carbocycles. The van der Waals surface area contributed by atoms with E-state index < -0.39 is 0 Å². The molecule has 0 spiro atoms. The van der Waals surface area contributed by atoms with Crippen molar-refractivity contribution < 1.29 is 4.74 Å². The first-order chi connectivity index (χ1) is 7.04. The Balaban J connectivity index is 2.75. The molecule has 0 aliphatic rings. The Bertz CT molecular complexity index is 346. The van der Waals surface area contributed by atoms with Crippen LogP contribution in [0.3, 0.4) is 0 Å². The predicted molar refractivity (Wildman–Crippen MR) is 68.5 cm³/mol. The Morgan fingerprint density at radius 3 is 2.33 bits per heavy atom. The second-order valence-electron chi connectivity index (χ2n) is 3.76. The summed E-state index contributed by atoms with van der Waals surface area (Å²) in [5, 5.41) is 0. The quantitative estimate of drug-likeness (QED) is 0.735. The maximum Gasteiger partial charge on any atom is 0.120 e. The summed E-state index contributed by atoms with van der Waals surface area (Å²) in [6, 6.07) is 4.08. The van der Waals surface area contributed by atoms with Crippen molar-refractivity contribution in [1.82, 2.24) is 0 Å².